The Morgan fingerprint density at radius 1 is 0.889 bits per heavy atom. The van der Waals surface area contributed by atoms with Crippen molar-refractivity contribution in [1.29, 1.82) is 0 Å². The first-order valence-corrected chi connectivity index (χ1v) is 14.4. The van der Waals surface area contributed by atoms with Crippen LogP contribution in [-0.4, -0.2) is 52.4 Å². The minimum Gasteiger partial charge on any atom is -0.468 e. The second-order valence-electron chi connectivity index (χ2n) is 11.9. The molecule has 3 aromatic carbocycles. The molecule has 0 aliphatic rings. The van der Waals surface area contributed by atoms with Crippen LogP contribution < -0.4 is 11.2 Å². The highest BCUT2D eigenvalue weighted by atomic mass is 16.5. The Morgan fingerprint density at radius 2 is 1.58 bits per heavy atom. The van der Waals surface area contributed by atoms with Crippen molar-refractivity contribution in [2.75, 3.05) is 7.11 Å². The van der Waals surface area contributed by atoms with Gasteiger partial charge in [-0.25, -0.2) is 14.3 Å². The minimum absolute atomic E-state index is 0.146. The highest BCUT2D eigenvalue weighted by Crippen LogP contribution is 2.30. The summed E-state index contributed by atoms with van der Waals surface area (Å²) in [6.45, 7) is 6.16. The second-order valence-corrected chi connectivity index (χ2v) is 11.9. The number of methoxy groups -OCH3 is 1. The van der Waals surface area contributed by atoms with Crippen molar-refractivity contribution < 1.29 is 9.53 Å². The first kappa shape index (κ1) is 29.4. The number of nitrogens with zero attached hydrogens (tertiary/aromatic N) is 7. The van der Waals surface area contributed by atoms with E-state index in [1.807, 2.05) is 53.1 Å². The van der Waals surface area contributed by atoms with Gasteiger partial charge in [0, 0.05) is 18.5 Å². The number of aromatic nitrogens is 8. The largest absolute Gasteiger partial charge is 0.468 e. The Hall–Kier alpha value is -5.65. The highest BCUT2D eigenvalue weighted by Gasteiger charge is 2.26. The number of carbonyl (C=O) groups excluding carboxylic acids is 1. The maximum Gasteiger partial charge on any atom is 0.337 e. The molecule has 6 aromatic rings. The fourth-order valence-corrected chi connectivity index (χ4v) is 5.39. The van der Waals surface area contributed by atoms with Gasteiger partial charge >= 0.3 is 11.7 Å². The van der Waals surface area contributed by atoms with Gasteiger partial charge in [-0.05, 0) is 39.5 Å². The Labute approximate surface area is 257 Å². The third-order valence-corrected chi connectivity index (χ3v) is 7.45. The number of ether oxygens (including phenoxy) is 1. The van der Waals surface area contributed by atoms with E-state index in [9.17, 15) is 14.4 Å². The lowest BCUT2D eigenvalue weighted by molar-refractivity contribution is -0.141. The van der Waals surface area contributed by atoms with Gasteiger partial charge in [0.05, 0.1) is 12.8 Å². The monoisotopic (exact) mass is 604 g/mol. The molecule has 0 bridgehead atoms. The maximum atomic E-state index is 14.2. The predicted molar refractivity (Wildman–Crippen MR) is 169 cm³/mol. The Balaban J connectivity index is 1.51. The molecule has 3 heterocycles. The quantitative estimate of drug-likeness (QED) is 0.257. The van der Waals surface area contributed by atoms with Crippen molar-refractivity contribution in [3.05, 3.63) is 111 Å². The van der Waals surface area contributed by atoms with Gasteiger partial charge in [-0.3, -0.25) is 14.2 Å². The molecule has 0 aliphatic carbocycles. The normalized spacial score (nSPS) is 11.6. The van der Waals surface area contributed by atoms with E-state index in [-0.39, 0.29) is 23.1 Å². The van der Waals surface area contributed by atoms with Gasteiger partial charge in [0.2, 0.25) is 5.82 Å². The number of imidazole rings is 1. The molecular formula is C33H32N8O4. The molecule has 1 N–H and O–H groups in total. The van der Waals surface area contributed by atoms with Crippen LogP contribution in [0.3, 0.4) is 0 Å². The summed E-state index contributed by atoms with van der Waals surface area (Å²) in [5.74, 6) is 0.504. The number of hydrogen-bond acceptors (Lipinski definition) is 8. The van der Waals surface area contributed by atoms with Gasteiger partial charge in [-0.1, -0.05) is 87.5 Å². The van der Waals surface area contributed by atoms with Gasteiger partial charge in [0.25, 0.3) is 5.56 Å². The number of esters is 1. The van der Waals surface area contributed by atoms with Crippen LogP contribution in [0.5, 0.6) is 0 Å². The number of tetrazole rings is 1. The minimum atomic E-state index is -0.666. The molecule has 0 unspecified atom stereocenters. The molecule has 0 radical (unpaired) electrons. The zero-order valence-electron chi connectivity index (χ0n) is 25.4. The van der Waals surface area contributed by atoms with Crippen LogP contribution in [0, 0.1) is 5.41 Å². The summed E-state index contributed by atoms with van der Waals surface area (Å²) in [5.41, 5.74) is 3.07. The van der Waals surface area contributed by atoms with E-state index < -0.39 is 17.2 Å². The zero-order chi connectivity index (χ0) is 31.7. The topological polar surface area (TPSA) is 143 Å². The summed E-state index contributed by atoms with van der Waals surface area (Å²) < 4.78 is 9.06. The van der Waals surface area contributed by atoms with E-state index in [1.54, 1.807) is 30.3 Å². The lowest BCUT2D eigenvalue weighted by Gasteiger charge is -2.19. The Kier molecular flexibility index (Phi) is 7.71. The van der Waals surface area contributed by atoms with E-state index in [1.165, 1.54) is 11.7 Å². The number of rotatable bonds is 8. The lowest BCUT2D eigenvalue weighted by Crippen LogP contribution is -2.40. The summed E-state index contributed by atoms with van der Waals surface area (Å²) in [6, 6.07) is 24.5. The third kappa shape index (κ3) is 5.81. The van der Waals surface area contributed by atoms with Crippen molar-refractivity contribution in [2.24, 2.45) is 5.41 Å². The van der Waals surface area contributed by atoms with Crippen molar-refractivity contribution in [3.63, 3.8) is 0 Å². The van der Waals surface area contributed by atoms with Gasteiger partial charge in [0.15, 0.2) is 11.2 Å². The Bertz CT molecular complexity index is 2100. The summed E-state index contributed by atoms with van der Waals surface area (Å²) >= 11 is 0. The fraction of sp³-hybridized carbons (Fsp3) is 0.242. The molecule has 0 amide bonds. The van der Waals surface area contributed by atoms with Gasteiger partial charge in [0.1, 0.15) is 12.4 Å². The van der Waals surface area contributed by atoms with Crippen molar-refractivity contribution in [1.82, 2.24) is 39.3 Å². The van der Waals surface area contributed by atoms with Crippen LogP contribution in [0.25, 0.3) is 39.4 Å². The molecule has 0 saturated carbocycles. The average Bonchev–Trinajstić information content (AvgIpc) is 3.68. The number of fused-ring (bicyclic) bond motifs is 1. The Morgan fingerprint density at radius 3 is 2.22 bits per heavy atom. The highest BCUT2D eigenvalue weighted by molar-refractivity contribution is 5.80. The van der Waals surface area contributed by atoms with E-state index >= 15 is 0 Å². The van der Waals surface area contributed by atoms with Crippen molar-refractivity contribution >= 4 is 17.1 Å². The molecule has 0 aliphatic heterocycles. The van der Waals surface area contributed by atoms with Crippen LogP contribution >= 0.6 is 0 Å². The van der Waals surface area contributed by atoms with E-state index in [0.717, 1.165) is 26.8 Å². The first-order valence-electron chi connectivity index (χ1n) is 14.4. The van der Waals surface area contributed by atoms with Gasteiger partial charge < -0.3 is 9.30 Å². The molecular weight excluding hydrogens is 572 g/mol. The summed E-state index contributed by atoms with van der Waals surface area (Å²) in [7, 11) is 1.26. The molecule has 6 rings (SSSR count). The van der Waals surface area contributed by atoms with Gasteiger partial charge in [-0.15, -0.1) is 10.2 Å². The summed E-state index contributed by atoms with van der Waals surface area (Å²) in [4.78, 5) is 45.2. The third-order valence-electron chi connectivity index (χ3n) is 7.45. The van der Waals surface area contributed by atoms with E-state index in [0.29, 0.717) is 30.3 Å². The number of hydrogen-bond donors (Lipinski definition) is 1. The predicted octanol–water partition coefficient (Wildman–Crippen LogP) is 4.01. The van der Waals surface area contributed by atoms with E-state index in [4.69, 9.17) is 9.72 Å². The molecule has 45 heavy (non-hydrogen) atoms. The lowest BCUT2D eigenvalue weighted by atomic mass is 9.92. The summed E-state index contributed by atoms with van der Waals surface area (Å²) in [5, 5.41) is 14.5. The maximum absolute atomic E-state index is 14.2. The molecule has 12 nitrogen and oxygen atoms in total. The standard InChI is InChI=1S/C33H32N8O4/c1-33(2,3)18-26-34-30-28(31(43)41(23-10-6-5-7-11-23)32(44)40(30)20-27(42)45-4)39(26)19-21-14-16-22(17-15-21)24-12-8-9-13-25(24)29-35-37-38-36-29/h5-17H,18-20H2,1-4H3,(H,35,36,37,38). The fourth-order valence-electron chi connectivity index (χ4n) is 5.39. The first-order chi connectivity index (χ1) is 21.6. The molecule has 0 spiro atoms. The molecule has 228 valence electrons. The van der Waals surface area contributed by atoms with Crippen LogP contribution in [0.1, 0.15) is 32.2 Å². The number of carbonyl (C=O) groups is 1. The zero-order valence-corrected chi connectivity index (χ0v) is 25.4. The average molecular weight is 605 g/mol. The molecule has 0 fully saturated rings. The number of benzene rings is 3. The van der Waals surface area contributed by atoms with Crippen molar-refractivity contribution in [3.8, 4) is 28.2 Å². The van der Waals surface area contributed by atoms with Crippen molar-refractivity contribution in [2.45, 2.75) is 40.3 Å². The number of H-pyrrole nitrogens is 1. The molecule has 3 aromatic heterocycles. The van der Waals surface area contributed by atoms with Crippen LogP contribution in [0.4, 0.5) is 0 Å². The van der Waals surface area contributed by atoms with Crippen LogP contribution in [-0.2, 0) is 29.0 Å². The number of para-hydroxylation sites is 1. The molecule has 0 saturated heterocycles. The molecule has 0 atom stereocenters. The summed E-state index contributed by atoms with van der Waals surface area (Å²) in [6.07, 6.45) is 0.523. The number of aromatic amines is 1. The SMILES string of the molecule is COC(=O)Cn1c(=O)n(-c2ccccc2)c(=O)c2c1nc(CC(C)(C)C)n2Cc1ccc(-c2ccccc2-c2nn[nH]n2)cc1. The van der Waals surface area contributed by atoms with Crippen LogP contribution in [0.2, 0.25) is 0 Å². The smallest absolute Gasteiger partial charge is 0.337 e. The second kappa shape index (κ2) is 11.8. The van der Waals surface area contributed by atoms with Crippen LogP contribution in [0.15, 0.2) is 88.5 Å². The number of nitrogens with one attached hydrogen (secondary N) is 1. The molecule has 12 heteroatoms. The van der Waals surface area contributed by atoms with Gasteiger partial charge in [-0.2, -0.15) is 5.21 Å². The van der Waals surface area contributed by atoms with E-state index in [2.05, 4.69) is 41.4 Å².